The van der Waals surface area contributed by atoms with E-state index >= 15 is 0 Å². The molecular formula is C18H21N5O. The lowest BCUT2D eigenvalue weighted by Gasteiger charge is -2.14. The molecule has 2 N–H and O–H groups in total. The van der Waals surface area contributed by atoms with Crippen LogP contribution in [0.25, 0.3) is 11.3 Å². The molecule has 124 valence electrons. The molecule has 0 bridgehead atoms. The molecular weight excluding hydrogens is 302 g/mol. The normalized spacial score (nSPS) is 12.1. The van der Waals surface area contributed by atoms with Crippen molar-refractivity contribution in [3.63, 3.8) is 0 Å². The second kappa shape index (κ2) is 7.12. The fourth-order valence-electron chi connectivity index (χ4n) is 2.55. The van der Waals surface area contributed by atoms with E-state index in [0.717, 1.165) is 23.6 Å². The van der Waals surface area contributed by atoms with Gasteiger partial charge >= 0.3 is 0 Å². The number of aromatic nitrogens is 4. The minimum absolute atomic E-state index is 0.140. The monoisotopic (exact) mass is 323 g/mol. The largest absolute Gasteiger partial charge is 0.350 e. The van der Waals surface area contributed by atoms with Crippen LogP contribution in [0.4, 0.5) is 0 Å². The number of H-pyrrole nitrogens is 1. The van der Waals surface area contributed by atoms with Crippen molar-refractivity contribution in [1.82, 2.24) is 25.1 Å². The molecule has 0 aliphatic rings. The fourth-order valence-corrected chi connectivity index (χ4v) is 2.55. The molecule has 1 atom stereocenters. The van der Waals surface area contributed by atoms with Crippen LogP contribution in [0.2, 0.25) is 0 Å². The van der Waals surface area contributed by atoms with Gasteiger partial charge in [0.1, 0.15) is 11.5 Å². The van der Waals surface area contributed by atoms with Gasteiger partial charge in [-0.15, -0.1) is 0 Å². The van der Waals surface area contributed by atoms with Gasteiger partial charge in [0.05, 0.1) is 5.69 Å². The molecule has 0 fully saturated rings. The lowest BCUT2D eigenvalue weighted by atomic mass is 10.1. The number of amides is 1. The summed E-state index contributed by atoms with van der Waals surface area (Å²) in [5, 5.41) is 9.97. The van der Waals surface area contributed by atoms with Crippen molar-refractivity contribution in [1.29, 1.82) is 0 Å². The SMILES string of the molecule is Cc1nccn1C[C@H](C)CNC(=O)c1cc(-c2ccccc2)n[nH]1. The Kier molecular flexibility index (Phi) is 4.74. The van der Waals surface area contributed by atoms with Gasteiger partial charge in [-0.3, -0.25) is 9.89 Å². The fraction of sp³-hybridized carbons (Fsp3) is 0.278. The molecule has 0 aliphatic carbocycles. The Morgan fingerprint density at radius 1 is 1.33 bits per heavy atom. The van der Waals surface area contributed by atoms with E-state index in [1.807, 2.05) is 43.5 Å². The number of nitrogens with zero attached hydrogens (tertiary/aromatic N) is 3. The molecule has 6 heteroatoms. The number of hydrogen-bond donors (Lipinski definition) is 2. The summed E-state index contributed by atoms with van der Waals surface area (Å²) < 4.78 is 2.08. The third-order valence-electron chi connectivity index (χ3n) is 3.94. The van der Waals surface area contributed by atoms with Gasteiger partial charge in [-0.05, 0) is 18.9 Å². The van der Waals surface area contributed by atoms with E-state index < -0.39 is 0 Å². The minimum Gasteiger partial charge on any atom is -0.350 e. The summed E-state index contributed by atoms with van der Waals surface area (Å²) in [6.45, 7) is 5.49. The molecule has 2 heterocycles. The Hall–Kier alpha value is -2.89. The highest BCUT2D eigenvalue weighted by molar-refractivity contribution is 5.93. The van der Waals surface area contributed by atoms with Gasteiger partial charge < -0.3 is 9.88 Å². The lowest BCUT2D eigenvalue weighted by molar-refractivity contribution is 0.0942. The Labute approximate surface area is 140 Å². The predicted molar refractivity (Wildman–Crippen MR) is 92.5 cm³/mol. The van der Waals surface area contributed by atoms with Crippen molar-refractivity contribution >= 4 is 5.91 Å². The van der Waals surface area contributed by atoms with E-state index in [1.54, 1.807) is 12.3 Å². The van der Waals surface area contributed by atoms with Crippen molar-refractivity contribution in [2.45, 2.75) is 20.4 Å². The van der Waals surface area contributed by atoms with Crippen molar-refractivity contribution in [2.75, 3.05) is 6.54 Å². The van der Waals surface area contributed by atoms with Crippen LogP contribution < -0.4 is 5.32 Å². The maximum Gasteiger partial charge on any atom is 0.269 e. The quantitative estimate of drug-likeness (QED) is 0.732. The standard InChI is InChI=1S/C18H21N5O/c1-13(12-23-9-8-19-14(23)2)11-20-18(24)17-10-16(21-22-17)15-6-4-3-5-7-15/h3-10,13H,11-12H2,1-2H3,(H,20,24)(H,21,22)/t13-/m1/s1. The Bertz CT molecular complexity index is 806. The first-order valence-corrected chi connectivity index (χ1v) is 8.00. The second-order valence-electron chi connectivity index (χ2n) is 5.97. The lowest BCUT2D eigenvalue weighted by Crippen LogP contribution is -2.30. The van der Waals surface area contributed by atoms with Gasteiger partial charge in [0.2, 0.25) is 0 Å². The molecule has 3 rings (SSSR count). The van der Waals surface area contributed by atoms with Gasteiger partial charge in [-0.2, -0.15) is 5.10 Å². The topological polar surface area (TPSA) is 75.6 Å². The molecule has 24 heavy (non-hydrogen) atoms. The zero-order chi connectivity index (χ0) is 16.9. The molecule has 6 nitrogen and oxygen atoms in total. The van der Waals surface area contributed by atoms with Gasteiger partial charge in [0.25, 0.3) is 5.91 Å². The Morgan fingerprint density at radius 2 is 2.12 bits per heavy atom. The average molecular weight is 323 g/mol. The number of nitrogens with one attached hydrogen (secondary N) is 2. The summed E-state index contributed by atoms with van der Waals surface area (Å²) >= 11 is 0. The number of aryl methyl sites for hydroxylation is 1. The van der Waals surface area contributed by atoms with Crippen LogP contribution in [0, 0.1) is 12.8 Å². The Morgan fingerprint density at radius 3 is 2.83 bits per heavy atom. The van der Waals surface area contributed by atoms with Crippen molar-refractivity contribution < 1.29 is 4.79 Å². The number of rotatable bonds is 6. The highest BCUT2D eigenvalue weighted by Gasteiger charge is 2.12. The zero-order valence-electron chi connectivity index (χ0n) is 13.9. The molecule has 0 unspecified atom stereocenters. The minimum atomic E-state index is -0.140. The van der Waals surface area contributed by atoms with Gasteiger partial charge in [-0.1, -0.05) is 37.3 Å². The van der Waals surface area contributed by atoms with Crippen LogP contribution in [0.1, 0.15) is 23.2 Å². The first kappa shape index (κ1) is 16.0. The molecule has 2 aromatic heterocycles. The van der Waals surface area contributed by atoms with Crippen LogP contribution in [0.5, 0.6) is 0 Å². The number of aromatic amines is 1. The number of carbonyl (C=O) groups is 1. The highest BCUT2D eigenvalue weighted by atomic mass is 16.1. The Balaban J connectivity index is 1.56. The summed E-state index contributed by atoms with van der Waals surface area (Å²) in [5.41, 5.74) is 2.22. The number of hydrogen-bond acceptors (Lipinski definition) is 3. The van der Waals surface area contributed by atoms with Gasteiger partial charge in [0.15, 0.2) is 0 Å². The maximum absolute atomic E-state index is 12.3. The molecule has 1 aromatic carbocycles. The zero-order valence-corrected chi connectivity index (χ0v) is 13.9. The number of benzene rings is 1. The molecule has 0 spiro atoms. The third kappa shape index (κ3) is 3.71. The molecule has 0 radical (unpaired) electrons. The average Bonchev–Trinajstić information content (AvgIpc) is 3.23. The van der Waals surface area contributed by atoms with Crippen molar-refractivity contribution in [3.8, 4) is 11.3 Å². The maximum atomic E-state index is 12.3. The van der Waals surface area contributed by atoms with E-state index in [4.69, 9.17) is 0 Å². The predicted octanol–water partition coefficient (Wildman–Crippen LogP) is 2.65. The van der Waals surface area contributed by atoms with Crippen molar-refractivity contribution in [3.05, 3.63) is 60.3 Å². The third-order valence-corrected chi connectivity index (χ3v) is 3.94. The smallest absolute Gasteiger partial charge is 0.269 e. The van der Waals surface area contributed by atoms with E-state index in [2.05, 4.69) is 32.0 Å². The number of carbonyl (C=O) groups excluding carboxylic acids is 1. The van der Waals surface area contributed by atoms with E-state index in [-0.39, 0.29) is 5.91 Å². The molecule has 3 aromatic rings. The first-order chi connectivity index (χ1) is 11.6. The van der Waals surface area contributed by atoms with E-state index in [0.29, 0.717) is 18.2 Å². The van der Waals surface area contributed by atoms with E-state index in [1.165, 1.54) is 0 Å². The highest BCUT2D eigenvalue weighted by Crippen LogP contribution is 2.16. The number of imidazole rings is 1. The molecule has 0 saturated heterocycles. The van der Waals surface area contributed by atoms with Gasteiger partial charge in [0, 0.05) is 31.0 Å². The summed E-state index contributed by atoms with van der Waals surface area (Å²) in [7, 11) is 0. The van der Waals surface area contributed by atoms with Crippen molar-refractivity contribution in [2.24, 2.45) is 5.92 Å². The van der Waals surface area contributed by atoms with Crippen LogP contribution in [-0.4, -0.2) is 32.2 Å². The summed E-state index contributed by atoms with van der Waals surface area (Å²) in [5.74, 6) is 1.14. The molecule has 0 aliphatic heterocycles. The van der Waals surface area contributed by atoms with Gasteiger partial charge in [-0.25, -0.2) is 4.98 Å². The summed E-state index contributed by atoms with van der Waals surface area (Å²) in [6.07, 6.45) is 3.74. The first-order valence-electron chi connectivity index (χ1n) is 8.00. The second-order valence-corrected chi connectivity index (χ2v) is 5.97. The van der Waals surface area contributed by atoms with Crippen LogP contribution in [0.15, 0.2) is 48.8 Å². The molecule has 0 saturated carbocycles. The summed E-state index contributed by atoms with van der Waals surface area (Å²) in [4.78, 5) is 16.5. The van der Waals surface area contributed by atoms with Crippen LogP contribution in [0.3, 0.4) is 0 Å². The summed E-state index contributed by atoms with van der Waals surface area (Å²) in [6, 6.07) is 11.6. The van der Waals surface area contributed by atoms with E-state index in [9.17, 15) is 4.79 Å². The van der Waals surface area contributed by atoms with Crippen LogP contribution in [-0.2, 0) is 6.54 Å². The molecule has 1 amide bonds. The van der Waals surface area contributed by atoms with Crippen LogP contribution >= 0.6 is 0 Å².